The number of aliphatic carboxylic acids is 1. The number of amides is 1. The average molecular weight is 279 g/mol. The maximum Gasteiger partial charge on any atom is 0.311 e. The van der Waals surface area contributed by atoms with Crippen LogP contribution in [0.5, 0.6) is 0 Å². The maximum atomic E-state index is 12.8. The largest absolute Gasteiger partial charge is 0.481 e. The third kappa shape index (κ3) is 2.71. The molecular formula is C15H21NO4. The van der Waals surface area contributed by atoms with Crippen LogP contribution in [0.2, 0.25) is 0 Å². The number of carbonyl (C=O) groups is 2. The second-order valence-electron chi connectivity index (χ2n) is 5.63. The van der Waals surface area contributed by atoms with Crippen LogP contribution in [0.3, 0.4) is 0 Å². The van der Waals surface area contributed by atoms with Gasteiger partial charge in [0.05, 0.1) is 11.8 Å². The molecule has 110 valence electrons. The van der Waals surface area contributed by atoms with E-state index in [9.17, 15) is 9.59 Å². The third-order valence-electron chi connectivity index (χ3n) is 4.00. The van der Waals surface area contributed by atoms with E-state index in [4.69, 9.17) is 9.52 Å². The first kappa shape index (κ1) is 14.6. The molecule has 2 unspecified atom stereocenters. The first-order chi connectivity index (χ1) is 9.41. The van der Waals surface area contributed by atoms with Crippen LogP contribution in [-0.2, 0) is 11.2 Å². The predicted molar refractivity (Wildman–Crippen MR) is 73.7 cm³/mol. The zero-order chi connectivity index (χ0) is 14.9. The summed E-state index contributed by atoms with van der Waals surface area (Å²) in [4.78, 5) is 25.5. The summed E-state index contributed by atoms with van der Waals surface area (Å²) in [7, 11) is 0. The van der Waals surface area contributed by atoms with Gasteiger partial charge in [-0.1, -0.05) is 0 Å². The molecule has 2 atom stereocenters. The topological polar surface area (TPSA) is 70.7 Å². The van der Waals surface area contributed by atoms with Crippen LogP contribution in [0, 0.1) is 6.92 Å². The number of aryl methyl sites for hydroxylation is 1. The minimum absolute atomic E-state index is 0.104. The highest BCUT2D eigenvalue weighted by atomic mass is 16.4. The zero-order valence-corrected chi connectivity index (χ0v) is 12.2. The van der Waals surface area contributed by atoms with Gasteiger partial charge >= 0.3 is 5.97 Å². The average Bonchev–Trinajstić information content (AvgIpc) is 2.69. The Kier molecular flexibility index (Phi) is 4.16. The lowest BCUT2D eigenvalue weighted by Crippen LogP contribution is -2.47. The number of hydrogen-bond donors (Lipinski definition) is 1. The highest BCUT2D eigenvalue weighted by molar-refractivity contribution is 5.97. The number of piperidine rings is 1. The number of carboxylic acids is 1. The number of furan rings is 1. The Morgan fingerprint density at radius 3 is 2.50 bits per heavy atom. The Balaban J connectivity index is 2.32. The predicted octanol–water partition coefficient (Wildman–Crippen LogP) is 2.62. The van der Waals surface area contributed by atoms with E-state index in [2.05, 4.69) is 0 Å². The molecule has 0 saturated carbocycles. The van der Waals surface area contributed by atoms with Gasteiger partial charge in [-0.15, -0.1) is 0 Å². The summed E-state index contributed by atoms with van der Waals surface area (Å²) in [6.45, 7) is 5.86. The standard InChI is InChI=1S/C15H21NO4/c1-9-8-20-12(7-13(17)18)14(9)15(19)16-10(2)5-4-6-11(16)3/h8,10-11H,4-7H2,1-3H3,(H,17,18). The molecule has 1 aromatic heterocycles. The summed E-state index contributed by atoms with van der Waals surface area (Å²) >= 11 is 0. The van der Waals surface area contributed by atoms with Crippen molar-refractivity contribution in [3.63, 3.8) is 0 Å². The van der Waals surface area contributed by atoms with Crippen LogP contribution < -0.4 is 0 Å². The van der Waals surface area contributed by atoms with E-state index in [0.29, 0.717) is 11.1 Å². The fourth-order valence-electron chi connectivity index (χ4n) is 3.00. The minimum Gasteiger partial charge on any atom is -0.481 e. The molecule has 1 aliphatic rings. The fraction of sp³-hybridized carbons (Fsp3) is 0.600. The van der Waals surface area contributed by atoms with Crippen LogP contribution in [0.4, 0.5) is 0 Å². The second-order valence-corrected chi connectivity index (χ2v) is 5.63. The lowest BCUT2D eigenvalue weighted by atomic mass is 9.95. The van der Waals surface area contributed by atoms with Crippen molar-refractivity contribution in [1.82, 2.24) is 4.90 Å². The molecule has 1 saturated heterocycles. The van der Waals surface area contributed by atoms with E-state index in [0.717, 1.165) is 19.3 Å². The number of rotatable bonds is 3. The van der Waals surface area contributed by atoms with Crippen LogP contribution in [0.1, 0.15) is 54.8 Å². The Bertz CT molecular complexity index is 510. The smallest absolute Gasteiger partial charge is 0.311 e. The van der Waals surface area contributed by atoms with E-state index < -0.39 is 5.97 Å². The Labute approximate surface area is 118 Å². The molecule has 2 rings (SSSR count). The van der Waals surface area contributed by atoms with Crippen molar-refractivity contribution < 1.29 is 19.1 Å². The van der Waals surface area contributed by atoms with Crippen molar-refractivity contribution in [3.8, 4) is 0 Å². The van der Waals surface area contributed by atoms with Gasteiger partial charge in [-0.3, -0.25) is 9.59 Å². The van der Waals surface area contributed by atoms with E-state index in [1.165, 1.54) is 6.26 Å². The van der Waals surface area contributed by atoms with Gasteiger partial charge in [-0.05, 0) is 40.0 Å². The molecule has 5 heteroatoms. The van der Waals surface area contributed by atoms with Gasteiger partial charge in [0.25, 0.3) is 5.91 Å². The van der Waals surface area contributed by atoms with Gasteiger partial charge in [0.2, 0.25) is 0 Å². The molecule has 0 radical (unpaired) electrons. The molecule has 20 heavy (non-hydrogen) atoms. The normalized spacial score (nSPS) is 22.9. The quantitative estimate of drug-likeness (QED) is 0.923. The Morgan fingerprint density at radius 2 is 1.95 bits per heavy atom. The van der Waals surface area contributed by atoms with E-state index in [1.54, 1.807) is 6.92 Å². The highest BCUT2D eigenvalue weighted by Gasteiger charge is 2.33. The van der Waals surface area contributed by atoms with Gasteiger partial charge in [0.15, 0.2) is 0 Å². The monoisotopic (exact) mass is 279 g/mol. The number of likely N-dealkylation sites (tertiary alicyclic amines) is 1. The maximum absolute atomic E-state index is 12.8. The molecule has 5 nitrogen and oxygen atoms in total. The summed E-state index contributed by atoms with van der Waals surface area (Å²) in [5.41, 5.74) is 1.13. The van der Waals surface area contributed by atoms with Gasteiger partial charge < -0.3 is 14.4 Å². The van der Waals surface area contributed by atoms with Crippen LogP contribution >= 0.6 is 0 Å². The Hall–Kier alpha value is -1.78. The van der Waals surface area contributed by atoms with Gasteiger partial charge in [0, 0.05) is 17.6 Å². The summed E-state index contributed by atoms with van der Waals surface area (Å²) in [6, 6.07) is 0.358. The van der Waals surface area contributed by atoms with Crippen molar-refractivity contribution >= 4 is 11.9 Å². The first-order valence-corrected chi connectivity index (χ1v) is 7.03. The third-order valence-corrected chi connectivity index (χ3v) is 4.00. The lowest BCUT2D eigenvalue weighted by Gasteiger charge is -2.39. The molecule has 0 aliphatic carbocycles. The summed E-state index contributed by atoms with van der Waals surface area (Å²) in [5, 5.41) is 8.91. The van der Waals surface area contributed by atoms with Crippen molar-refractivity contribution in [1.29, 1.82) is 0 Å². The van der Waals surface area contributed by atoms with Crippen LogP contribution in [0.25, 0.3) is 0 Å². The molecule has 0 spiro atoms. The van der Waals surface area contributed by atoms with Crippen molar-refractivity contribution in [3.05, 3.63) is 23.2 Å². The first-order valence-electron chi connectivity index (χ1n) is 7.03. The summed E-state index contributed by atoms with van der Waals surface area (Å²) in [6.07, 6.45) is 4.30. The molecule has 1 N–H and O–H groups in total. The van der Waals surface area contributed by atoms with E-state index >= 15 is 0 Å². The van der Waals surface area contributed by atoms with E-state index in [1.807, 2.05) is 18.7 Å². The fourth-order valence-corrected chi connectivity index (χ4v) is 3.00. The summed E-state index contributed by atoms with van der Waals surface area (Å²) < 4.78 is 5.26. The van der Waals surface area contributed by atoms with Crippen molar-refractivity contribution in [2.45, 2.75) is 58.5 Å². The number of nitrogens with zero attached hydrogens (tertiary/aromatic N) is 1. The lowest BCUT2D eigenvalue weighted by molar-refractivity contribution is -0.136. The number of carboxylic acid groups (broad SMARTS) is 1. The minimum atomic E-state index is -0.992. The van der Waals surface area contributed by atoms with Crippen LogP contribution in [-0.4, -0.2) is 34.0 Å². The molecule has 0 bridgehead atoms. The van der Waals surface area contributed by atoms with Gasteiger partial charge in [-0.2, -0.15) is 0 Å². The SMILES string of the molecule is Cc1coc(CC(=O)O)c1C(=O)N1C(C)CCCC1C. The molecular weight excluding hydrogens is 258 g/mol. The number of carbonyl (C=O) groups excluding carboxylic acids is 1. The zero-order valence-electron chi connectivity index (χ0n) is 12.2. The van der Waals surface area contributed by atoms with E-state index in [-0.39, 0.29) is 30.2 Å². The summed E-state index contributed by atoms with van der Waals surface area (Å²) in [5.74, 6) is -0.842. The highest BCUT2D eigenvalue weighted by Crippen LogP contribution is 2.27. The van der Waals surface area contributed by atoms with Crippen molar-refractivity contribution in [2.24, 2.45) is 0 Å². The van der Waals surface area contributed by atoms with Gasteiger partial charge in [0.1, 0.15) is 12.2 Å². The molecule has 2 heterocycles. The molecule has 1 aromatic rings. The molecule has 1 fully saturated rings. The number of hydrogen-bond acceptors (Lipinski definition) is 3. The molecule has 1 aliphatic heterocycles. The van der Waals surface area contributed by atoms with Crippen LogP contribution in [0.15, 0.2) is 10.7 Å². The second kappa shape index (κ2) is 5.69. The van der Waals surface area contributed by atoms with Gasteiger partial charge in [-0.25, -0.2) is 0 Å². The molecule has 0 aromatic carbocycles. The van der Waals surface area contributed by atoms with Crippen molar-refractivity contribution in [2.75, 3.05) is 0 Å². The molecule has 1 amide bonds. The Morgan fingerprint density at radius 1 is 1.35 bits per heavy atom.